The maximum Gasteiger partial charge on any atom is 0.272 e. The minimum absolute atomic E-state index is 0.0518. The summed E-state index contributed by atoms with van der Waals surface area (Å²) in [5.74, 6) is 0.401. The highest BCUT2D eigenvalue weighted by molar-refractivity contribution is 5.93. The van der Waals surface area contributed by atoms with Crippen molar-refractivity contribution in [1.82, 2.24) is 14.9 Å². The highest BCUT2D eigenvalue weighted by atomic mass is 16.2. The molecule has 1 N–H and O–H groups in total. The van der Waals surface area contributed by atoms with E-state index in [0.29, 0.717) is 24.7 Å². The molecule has 5 heteroatoms. The van der Waals surface area contributed by atoms with Crippen molar-refractivity contribution in [2.24, 2.45) is 0 Å². The number of hydrogen-bond acceptors (Lipinski definition) is 4. The lowest BCUT2D eigenvalue weighted by atomic mass is 10.00. The third-order valence-corrected chi connectivity index (χ3v) is 5.34. The van der Waals surface area contributed by atoms with Crippen LogP contribution in [-0.4, -0.2) is 27.3 Å². The van der Waals surface area contributed by atoms with E-state index in [1.165, 1.54) is 16.7 Å². The lowest BCUT2D eigenvalue weighted by molar-refractivity contribution is 0.0728. The van der Waals surface area contributed by atoms with Gasteiger partial charge in [-0.25, -0.2) is 9.97 Å². The van der Waals surface area contributed by atoms with Crippen molar-refractivity contribution in [2.75, 3.05) is 11.9 Å². The van der Waals surface area contributed by atoms with E-state index in [-0.39, 0.29) is 5.91 Å². The number of benzene rings is 2. The Morgan fingerprint density at radius 1 is 1.00 bits per heavy atom. The molecular formula is C23H24N4O. The van der Waals surface area contributed by atoms with E-state index in [2.05, 4.69) is 53.4 Å². The Bertz CT molecular complexity index is 1040. The Morgan fingerprint density at radius 3 is 2.61 bits per heavy atom. The van der Waals surface area contributed by atoms with E-state index in [4.69, 9.17) is 0 Å². The van der Waals surface area contributed by atoms with Gasteiger partial charge in [-0.1, -0.05) is 36.4 Å². The molecule has 3 aromatic rings. The molecule has 28 heavy (non-hydrogen) atoms. The number of nitrogens with zero attached hydrogens (tertiary/aromatic N) is 3. The molecule has 1 aliphatic rings. The van der Waals surface area contributed by atoms with Crippen LogP contribution < -0.4 is 5.32 Å². The molecule has 4 rings (SSSR count). The molecule has 1 aromatic heterocycles. The third kappa shape index (κ3) is 3.60. The van der Waals surface area contributed by atoms with E-state index in [1.807, 2.05) is 30.0 Å². The van der Waals surface area contributed by atoms with Crippen molar-refractivity contribution in [3.8, 4) is 0 Å². The maximum absolute atomic E-state index is 13.1. The number of carbonyl (C=O) groups is 1. The summed E-state index contributed by atoms with van der Waals surface area (Å²) in [5, 5.41) is 3.27. The quantitative estimate of drug-likeness (QED) is 0.743. The van der Waals surface area contributed by atoms with Gasteiger partial charge in [0.15, 0.2) is 0 Å². The molecule has 0 aliphatic carbocycles. The van der Waals surface area contributed by atoms with Gasteiger partial charge in [0.25, 0.3) is 5.91 Å². The van der Waals surface area contributed by atoms with Crippen molar-refractivity contribution in [1.29, 1.82) is 0 Å². The van der Waals surface area contributed by atoms with Crippen molar-refractivity contribution in [2.45, 2.75) is 33.7 Å². The lowest BCUT2D eigenvalue weighted by Crippen LogP contribution is -2.36. The topological polar surface area (TPSA) is 58.1 Å². The first-order valence-electron chi connectivity index (χ1n) is 9.56. The zero-order valence-corrected chi connectivity index (χ0v) is 16.5. The maximum atomic E-state index is 13.1. The van der Waals surface area contributed by atoms with Gasteiger partial charge in [0, 0.05) is 24.5 Å². The van der Waals surface area contributed by atoms with Gasteiger partial charge in [0.1, 0.15) is 5.69 Å². The van der Waals surface area contributed by atoms with Gasteiger partial charge in [-0.05, 0) is 61.6 Å². The van der Waals surface area contributed by atoms with Gasteiger partial charge >= 0.3 is 0 Å². The average Bonchev–Trinajstić information content (AvgIpc) is 2.70. The third-order valence-electron chi connectivity index (χ3n) is 5.34. The predicted molar refractivity (Wildman–Crippen MR) is 111 cm³/mol. The molecule has 0 atom stereocenters. The predicted octanol–water partition coefficient (Wildman–Crippen LogP) is 4.34. The van der Waals surface area contributed by atoms with Gasteiger partial charge < -0.3 is 10.2 Å². The second-order valence-electron chi connectivity index (χ2n) is 7.34. The average molecular weight is 372 g/mol. The fourth-order valence-electron chi connectivity index (χ4n) is 3.57. The second-order valence-corrected chi connectivity index (χ2v) is 7.34. The smallest absolute Gasteiger partial charge is 0.272 e. The molecule has 0 unspecified atom stereocenters. The minimum Gasteiger partial charge on any atom is -0.333 e. The van der Waals surface area contributed by atoms with Crippen LogP contribution in [0.25, 0.3) is 0 Å². The molecule has 0 spiro atoms. The Morgan fingerprint density at radius 2 is 1.79 bits per heavy atom. The Hall–Kier alpha value is -3.21. The number of amides is 1. The summed E-state index contributed by atoms with van der Waals surface area (Å²) in [4.78, 5) is 23.9. The largest absolute Gasteiger partial charge is 0.333 e. The van der Waals surface area contributed by atoms with Crippen LogP contribution >= 0.6 is 0 Å². The van der Waals surface area contributed by atoms with Crippen molar-refractivity contribution >= 4 is 17.5 Å². The first-order chi connectivity index (χ1) is 13.5. The van der Waals surface area contributed by atoms with Gasteiger partial charge in [-0.2, -0.15) is 0 Å². The molecule has 1 amide bonds. The zero-order chi connectivity index (χ0) is 19.7. The SMILES string of the molecule is Cc1cc(C(=O)N2CCc3ccccc3C2)nc(Nc2cccc(C)c2C)n1. The normalized spacial score (nSPS) is 13.2. The molecule has 1 aliphatic heterocycles. The van der Waals surface area contributed by atoms with Crippen LogP contribution in [-0.2, 0) is 13.0 Å². The summed E-state index contributed by atoms with van der Waals surface area (Å²) in [6, 6.07) is 16.1. The molecular weight excluding hydrogens is 348 g/mol. The van der Waals surface area contributed by atoms with Crippen LogP contribution in [0.1, 0.15) is 38.4 Å². The summed E-state index contributed by atoms with van der Waals surface area (Å²) in [6.45, 7) is 7.35. The zero-order valence-electron chi connectivity index (χ0n) is 16.5. The van der Waals surface area contributed by atoms with Crippen molar-refractivity contribution < 1.29 is 4.79 Å². The summed E-state index contributed by atoms with van der Waals surface area (Å²) in [6.07, 6.45) is 0.875. The van der Waals surface area contributed by atoms with Gasteiger partial charge in [0.05, 0.1) is 0 Å². The summed E-state index contributed by atoms with van der Waals surface area (Å²) >= 11 is 0. The summed E-state index contributed by atoms with van der Waals surface area (Å²) < 4.78 is 0. The number of aromatic nitrogens is 2. The van der Waals surface area contributed by atoms with E-state index >= 15 is 0 Å². The summed E-state index contributed by atoms with van der Waals surface area (Å²) in [5.41, 5.74) is 7.03. The van der Waals surface area contributed by atoms with Gasteiger partial charge in [0.2, 0.25) is 5.95 Å². The lowest BCUT2D eigenvalue weighted by Gasteiger charge is -2.28. The van der Waals surface area contributed by atoms with Gasteiger partial charge in [-0.15, -0.1) is 0 Å². The summed E-state index contributed by atoms with van der Waals surface area (Å²) in [7, 11) is 0. The molecule has 0 fully saturated rings. The van der Waals surface area contributed by atoms with Crippen molar-refractivity contribution in [3.63, 3.8) is 0 Å². The van der Waals surface area contributed by atoms with Crippen LogP contribution in [0.5, 0.6) is 0 Å². The van der Waals surface area contributed by atoms with Crippen LogP contribution in [0.4, 0.5) is 11.6 Å². The van der Waals surface area contributed by atoms with Crippen LogP contribution in [0.2, 0.25) is 0 Å². The Balaban J connectivity index is 1.59. The van der Waals surface area contributed by atoms with Crippen LogP contribution in [0.15, 0.2) is 48.5 Å². The van der Waals surface area contributed by atoms with Crippen LogP contribution in [0.3, 0.4) is 0 Å². The molecule has 2 heterocycles. The van der Waals surface area contributed by atoms with E-state index in [1.54, 1.807) is 6.07 Å². The number of rotatable bonds is 3. The molecule has 2 aromatic carbocycles. The number of fused-ring (bicyclic) bond motifs is 1. The van der Waals surface area contributed by atoms with E-state index in [0.717, 1.165) is 23.4 Å². The highest BCUT2D eigenvalue weighted by Crippen LogP contribution is 2.23. The van der Waals surface area contributed by atoms with Crippen LogP contribution in [0, 0.1) is 20.8 Å². The molecule has 142 valence electrons. The van der Waals surface area contributed by atoms with E-state index < -0.39 is 0 Å². The standard InChI is InChI=1S/C23H24N4O/c1-15-7-6-10-20(17(15)3)25-23-24-16(2)13-21(26-23)22(28)27-12-11-18-8-4-5-9-19(18)14-27/h4-10,13H,11-12,14H2,1-3H3,(H,24,25,26). The Labute approximate surface area is 165 Å². The fraction of sp³-hybridized carbons (Fsp3) is 0.261. The molecule has 0 bridgehead atoms. The van der Waals surface area contributed by atoms with Gasteiger partial charge in [-0.3, -0.25) is 4.79 Å². The number of carbonyl (C=O) groups excluding carboxylic acids is 1. The minimum atomic E-state index is -0.0518. The fourth-order valence-corrected chi connectivity index (χ4v) is 3.57. The monoisotopic (exact) mass is 372 g/mol. The first kappa shape index (κ1) is 18.2. The highest BCUT2D eigenvalue weighted by Gasteiger charge is 2.23. The van der Waals surface area contributed by atoms with Crippen molar-refractivity contribution in [3.05, 3.63) is 82.2 Å². The second kappa shape index (κ2) is 7.43. The molecule has 0 saturated heterocycles. The molecule has 0 saturated carbocycles. The number of nitrogens with one attached hydrogen (secondary N) is 1. The number of anilines is 2. The first-order valence-corrected chi connectivity index (χ1v) is 9.56. The van der Waals surface area contributed by atoms with E-state index in [9.17, 15) is 4.79 Å². The number of aryl methyl sites for hydroxylation is 2. The molecule has 5 nitrogen and oxygen atoms in total. The Kier molecular flexibility index (Phi) is 4.82. The molecule has 0 radical (unpaired) electrons. The number of hydrogen-bond donors (Lipinski definition) is 1.